The summed E-state index contributed by atoms with van der Waals surface area (Å²) in [7, 11) is 1.49. The van der Waals surface area contributed by atoms with Gasteiger partial charge in [-0.05, 0) is 49.2 Å². The van der Waals surface area contributed by atoms with Gasteiger partial charge in [-0.15, -0.1) is 0 Å². The molecule has 0 aliphatic carbocycles. The molecular weight excluding hydrogens is 304 g/mol. The number of amides is 1. The number of hydrogen-bond donors (Lipinski definition) is 1. The lowest BCUT2D eigenvalue weighted by Gasteiger charge is -2.13. The van der Waals surface area contributed by atoms with Gasteiger partial charge in [-0.3, -0.25) is 4.79 Å². The smallest absolute Gasteiger partial charge is 0.273 e. The summed E-state index contributed by atoms with van der Waals surface area (Å²) in [6.07, 6.45) is 1.02. The number of benzene rings is 2. The predicted octanol–water partition coefficient (Wildman–Crippen LogP) is 3.31. The highest BCUT2D eigenvalue weighted by molar-refractivity contribution is 5.85. The zero-order valence-electron chi connectivity index (χ0n) is 14.1. The maximum Gasteiger partial charge on any atom is 0.273 e. The van der Waals surface area contributed by atoms with Crippen LogP contribution in [0.4, 0.5) is 0 Å². The van der Waals surface area contributed by atoms with E-state index in [0.29, 0.717) is 0 Å². The maximum atomic E-state index is 12.2. The molecule has 0 aliphatic rings. The molecule has 5 nitrogen and oxygen atoms in total. The van der Waals surface area contributed by atoms with Gasteiger partial charge in [0.15, 0.2) is 6.10 Å². The topological polar surface area (TPSA) is 59.9 Å². The summed E-state index contributed by atoms with van der Waals surface area (Å²) in [4.78, 5) is 12.2. The molecule has 0 radical (unpaired) electrons. The molecular formula is C19H22N2O3. The Morgan fingerprint density at radius 3 is 2.33 bits per heavy atom. The minimum atomic E-state index is -0.690. The molecule has 5 heteroatoms. The third-order valence-electron chi connectivity index (χ3n) is 3.22. The molecule has 2 rings (SSSR count). The van der Waals surface area contributed by atoms with E-state index in [1.54, 1.807) is 6.21 Å². The van der Waals surface area contributed by atoms with Crippen LogP contribution in [0.2, 0.25) is 0 Å². The second-order valence-electron chi connectivity index (χ2n) is 5.50. The number of nitrogens with zero attached hydrogens (tertiary/aromatic N) is 1. The van der Waals surface area contributed by atoms with E-state index in [1.165, 1.54) is 7.11 Å². The van der Waals surface area contributed by atoms with Gasteiger partial charge in [-0.1, -0.05) is 30.3 Å². The van der Waals surface area contributed by atoms with Crippen LogP contribution in [-0.4, -0.2) is 25.3 Å². The first-order valence-corrected chi connectivity index (χ1v) is 7.77. The van der Waals surface area contributed by atoms with Gasteiger partial charge >= 0.3 is 0 Å². The van der Waals surface area contributed by atoms with Crippen molar-refractivity contribution in [2.24, 2.45) is 5.10 Å². The van der Waals surface area contributed by atoms with Crippen LogP contribution in [0.25, 0.3) is 0 Å². The minimum absolute atomic E-state index is 0.132. The fourth-order valence-corrected chi connectivity index (χ4v) is 2.16. The molecule has 126 valence electrons. The second-order valence-corrected chi connectivity index (χ2v) is 5.50. The minimum Gasteiger partial charge on any atom is -0.491 e. The molecule has 0 bridgehead atoms. The van der Waals surface area contributed by atoms with Gasteiger partial charge in [0.2, 0.25) is 0 Å². The summed E-state index contributed by atoms with van der Waals surface area (Å²) in [6.45, 7) is 3.95. The second kappa shape index (κ2) is 8.84. The van der Waals surface area contributed by atoms with Gasteiger partial charge < -0.3 is 9.47 Å². The van der Waals surface area contributed by atoms with Crippen LogP contribution >= 0.6 is 0 Å². The molecule has 0 spiro atoms. The molecule has 0 fully saturated rings. The van der Waals surface area contributed by atoms with Crippen LogP contribution in [0.3, 0.4) is 0 Å². The van der Waals surface area contributed by atoms with E-state index < -0.39 is 6.10 Å². The molecule has 1 atom stereocenters. The van der Waals surface area contributed by atoms with Crippen molar-refractivity contribution < 1.29 is 14.3 Å². The molecule has 0 saturated carbocycles. The first-order chi connectivity index (χ1) is 11.6. The number of ether oxygens (including phenoxy) is 2. The van der Waals surface area contributed by atoms with Gasteiger partial charge in [0.1, 0.15) is 5.75 Å². The van der Waals surface area contributed by atoms with Crippen molar-refractivity contribution in [3.8, 4) is 5.75 Å². The van der Waals surface area contributed by atoms with E-state index in [-0.39, 0.29) is 12.0 Å². The Labute approximate surface area is 142 Å². The summed E-state index contributed by atoms with van der Waals surface area (Å²) in [5.74, 6) is 0.481. The van der Waals surface area contributed by atoms with E-state index in [0.717, 1.165) is 16.9 Å². The maximum absolute atomic E-state index is 12.2. The van der Waals surface area contributed by atoms with Crippen molar-refractivity contribution in [3.63, 3.8) is 0 Å². The molecule has 0 saturated heterocycles. The van der Waals surface area contributed by atoms with Crippen LogP contribution in [0.1, 0.15) is 31.1 Å². The van der Waals surface area contributed by atoms with Crippen LogP contribution in [0, 0.1) is 0 Å². The molecule has 0 aliphatic heterocycles. The van der Waals surface area contributed by atoms with E-state index in [2.05, 4.69) is 10.5 Å². The average Bonchev–Trinajstić information content (AvgIpc) is 2.58. The molecule has 0 heterocycles. The Morgan fingerprint density at radius 1 is 1.08 bits per heavy atom. The van der Waals surface area contributed by atoms with Crippen molar-refractivity contribution in [3.05, 3.63) is 65.7 Å². The van der Waals surface area contributed by atoms with Crippen LogP contribution in [-0.2, 0) is 9.53 Å². The number of carbonyl (C=O) groups is 1. The van der Waals surface area contributed by atoms with Crippen molar-refractivity contribution in [2.75, 3.05) is 7.11 Å². The quantitative estimate of drug-likeness (QED) is 0.627. The third kappa shape index (κ3) is 5.21. The molecule has 2 aromatic rings. The third-order valence-corrected chi connectivity index (χ3v) is 3.22. The Balaban J connectivity index is 1.94. The highest BCUT2D eigenvalue weighted by atomic mass is 16.5. The Bertz CT molecular complexity index is 667. The van der Waals surface area contributed by atoms with Crippen molar-refractivity contribution in [1.82, 2.24) is 5.43 Å². The van der Waals surface area contributed by atoms with Gasteiger partial charge in [-0.25, -0.2) is 5.43 Å². The SMILES string of the molecule is CO[C@H](C(=O)N/N=C\c1ccc(OC(C)C)cc1)c1ccccc1. The largest absolute Gasteiger partial charge is 0.491 e. The van der Waals surface area contributed by atoms with E-state index in [4.69, 9.17) is 9.47 Å². The predicted molar refractivity (Wildman–Crippen MR) is 94.1 cm³/mol. The van der Waals surface area contributed by atoms with E-state index in [9.17, 15) is 4.79 Å². The number of methoxy groups -OCH3 is 1. The molecule has 1 N–H and O–H groups in total. The standard InChI is InChI=1S/C19H22N2O3/c1-14(2)24-17-11-9-15(10-12-17)13-20-21-19(22)18(23-3)16-7-5-4-6-8-16/h4-14,18H,1-3H3,(H,21,22)/b20-13-/t18-/m0/s1. The van der Waals surface area contributed by atoms with Crippen LogP contribution < -0.4 is 10.2 Å². The van der Waals surface area contributed by atoms with Crippen molar-refractivity contribution >= 4 is 12.1 Å². The summed E-state index contributed by atoms with van der Waals surface area (Å²) >= 11 is 0. The zero-order chi connectivity index (χ0) is 17.4. The Kier molecular flexibility index (Phi) is 6.51. The Hall–Kier alpha value is -2.66. The zero-order valence-corrected chi connectivity index (χ0v) is 14.1. The van der Waals surface area contributed by atoms with E-state index >= 15 is 0 Å². The molecule has 0 unspecified atom stereocenters. The molecule has 0 aromatic heterocycles. The van der Waals surface area contributed by atoms with Crippen LogP contribution in [0.5, 0.6) is 5.75 Å². The molecule has 1 amide bonds. The van der Waals surface area contributed by atoms with Gasteiger partial charge in [-0.2, -0.15) is 5.10 Å². The Morgan fingerprint density at radius 2 is 1.75 bits per heavy atom. The van der Waals surface area contributed by atoms with Gasteiger partial charge in [0.05, 0.1) is 12.3 Å². The normalized spacial score (nSPS) is 12.3. The van der Waals surface area contributed by atoms with Crippen molar-refractivity contribution in [1.29, 1.82) is 0 Å². The average molecular weight is 326 g/mol. The molecule has 24 heavy (non-hydrogen) atoms. The number of hydrogen-bond acceptors (Lipinski definition) is 4. The first kappa shape index (κ1) is 17.7. The number of carbonyl (C=O) groups excluding carboxylic acids is 1. The summed E-state index contributed by atoms with van der Waals surface area (Å²) in [5, 5.41) is 3.98. The van der Waals surface area contributed by atoms with Gasteiger partial charge in [0, 0.05) is 7.11 Å². The number of hydrazone groups is 1. The van der Waals surface area contributed by atoms with E-state index in [1.807, 2.05) is 68.4 Å². The first-order valence-electron chi connectivity index (χ1n) is 7.77. The molecule has 2 aromatic carbocycles. The monoisotopic (exact) mass is 326 g/mol. The summed E-state index contributed by atoms with van der Waals surface area (Å²) in [5.41, 5.74) is 4.14. The number of nitrogens with one attached hydrogen (secondary N) is 1. The van der Waals surface area contributed by atoms with Crippen molar-refractivity contribution in [2.45, 2.75) is 26.1 Å². The highest BCUT2D eigenvalue weighted by Crippen LogP contribution is 2.16. The lowest BCUT2D eigenvalue weighted by atomic mass is 10.1. The fraction of sp³-hybridized carbons (Fsp3) is 0.263. The lowest BCUT2D eigenvalue weighted by Crippen LogP contribution is -2.26. The summed E-state index contributed by atoms with van der Waals surface area (Å²) in [6, 6.07) is 16.8. The highest BCUT2D eigenvalue weighted by Gasteiger charge is 2.18. The summed E-state index contributed by atoms with van der Waals surface area (Å²) < 4.78 is 10.8. The lowest BCUT2D eigenvalue weighted by molar-refractivity contribution is -0.131. The number of rotatable bonds is 7. The fourth-order valence-electron chi connectivity index (χ4n) is 2.16. The van der Waals surface area contributed by atoms with Gasteiger partial charge in [0.25, 0.3) is 5.91 Å². The van der Waals surface area contributed by atoms with Crippen LogP contribution in [0.15, 0.2) is 59.7 Å².